The molecular weight excluding hydrogens is 264 g/mol. The van der Waals surface area contributed by atoms with Crippen LogP contribution in [-0.4, -0.2) is 32.1 Å². The molecule has 1 atom stereocenters. The van der Waals surface area contributed by atoms with Crippen LogP contribution in [0, 0.1) is 5.41 Å². The highest BCUT2D eigenvalue weighted by Gasteiger charge is 2.20. The molecule has 0 aliphatic rings. The number of hydrogen-bond donors (Lipinski definition) is 1. The SMILES string of the molecule is CC(NCC(C)(C)CN(C)C)c1cc2ccccc2s1. The fourth-order valence-corrected chi connectivity index (χ4v) is 3.75. The second kappa shape index (κ2) is 6.25. The summed E-state index contributed by atoms with van der Waals surface area (Å²) in [5.41, 5.74) is 0.286. The zero-order valence-corrected chi connectivity index (χ0v) is 14.1. The molecular formula is C17H26N2S. The van der Waals surface area contributed by atoms with E-state index in [0.29, 0.717) is 6.04 Å². The monoisotopic (exact) mass is 290 g/mol. The Balaban J connectivity index is 1.99. The Bertz CT molecular complexity index is 524. The highest BCUT2D eigenvalue weighted by Crippen LogP contribution is 2.30. The van der Waals surface area contributed by atoms with E-state index in [1.165, 1.54) is 15.0 Å². The van der Waals surface area contributed by atoms with Crippen molar-refractivity contribution in [2.45, 2.75) is 26.8 Å². The maximum Gasteiger partial charge on any atom is 0.0386 e. The van der Waals surface area contributed by atoms with Crippen molar-refractivity contribution in [1.29, 1.82) is 0 Å². The van der Waals surface area contributed by atoms with Gasteiger partial charge in [-0.1, -0.05) is 32.0 Å². The largest absolute Gasteiger partial charge is 0.309 e. The van der Waals surface area contributed by atoms with E-state index in [1.54, 1.807) is 0 Å². The molecule has 0 amide bonds. The lowest BCUT2D eigenvalue weighted by molar-refractivity contribution is 0.227. The fourth-order valence-electron chi connectivity index (χ4n) is 2.66. The molecule has 0 spiro atoms. The Morgan fingerprint density at radius 1 is 1.25 bits per heavy atom. The van der Waals surface area contributed by atoms with E-state index in [9.17, 15) is 0 Å². The van der Waals surface area contributed by atoms with Crippen LogP contribution >= 0.6 is 11.3 Å². The summed E-state index contributed by atoms with van der Waals surface area (Å²) in [5.74, 6) is 0. The van der Waals surface area contributed by atoms with Crippen LogP contribution in [0.1, 0.15) is 31.7 Å². The number of benzene rings is 1. The first kappa shape index (κ1) is 15.5. The summed E-state index contributed by atoms with van der Waals surface area (Å²) in [6, 6.07) is 11.3. The third-order valence-corrected chi connectivity index (χ3v) is 4.80. The van der Waals surface area contributed by atoms with Gasteiger partial charge in [0.25, 0.3) is 0 Å². The first-order valence-corrected chi connectivity index (χ1v) is 8.06. The van der Waals surface area contributed by atoms with E-state index < -0.39 is 0 Å². The van der Waals surface area contributed by atoms with E-state index in [4.69, 9.17) is 0 Å². The number of nitrogens with zero attached hydrogens (tertiary/aromatic N) is 1. The first-order valence-electron chi connectivity index (χ1n) is 7.24. The summed E-state index contributed by atoms with van der Waals surface area (Å²) >= 11 is 1.90. The van der Waals surface area contributed by atoms with Gasteiger partial charge in [-0.3, -0.25) is 0 Å². The van der Waals surface area contributed by atoms with Crippen LogP contribution in [0.2, 0.25) is 0 Å². The van der Waals surface area contributed by atoms with Gasteiger partial charge in [0.05, 0.1) is 0 Å². The molecule has 1 aromatic heterocycles. The van der Waals surface area contributed by atoms with E-state index >= 15 is 0 Å². The molecule has 0 radical (unpaired) electrons. The minimum Gasteiger partial charge on any atom is -0.309 e. The fraction of sp³-hybridized carbons (Fsp3) is 0.529. The Morgan fingerprint density at radius 3 is 2.60 bits per heavy atom. The average molecular weight is 290 g/mol. The van der Waals surface area contributed by atoms with Crippen molar-refractivity contribution in [3.63, 3.8) is 0 Å². The number of thiophene rings is 1. The van der Waals surface area contributed by atoms with Crippen molar-refractivity contribution < 1.29 is 0 Å². The first-order chi connectivity index (χ1) is 9.37. The highest BCUT2D eigenvalue weighted by molar-refractivity contribution is 7.19. The van der Waals surface area contributed by atoms with E-state index in [1.807, 2.05) is 11.3 Å². The second-order valence-electron chi connectivity index (χ2n) is 6.69. The van der Waals surface area contributed by atoms with Gasteiger partial charge in [0.1, 0.15) is 0 Å². The molecule has 20 heavy (non-hydrogen) atoms. The standard InChI is InChI=1S/C17H26N2S/c1-13(18-11-17(2,3)12-19(4)5)16-10-14-8-6-7-9-15(14)20-16/h6-10,13,18H,11-12H2,1-5H3. The Kier molecular flexibility index (Phi) is 4.84. The summed E-state index contributed by atoms with van der Waals surface area (Å²) < 4.78 is 1.38. The summed E-state index contributed by atoms with van der Waals surface area (Å²) in [6.45, 7) is 9.02. The molecule has 1 unspecified atom stereocenters. The van der Waals surface area contributed by atoms with Crippen molar-refractivity contribution in [3.8, 4) is 0 Å². The lowest BCUT2D eigenvalue weighted by Gasteiger charge is -2.30. The molecule has 0 fully saturated rings. The Labute approximate surface area is 126 Å². The topological polar surface area (TPSA) is 15.3 Å². The number of fused-ring (bicyclic) bond motifs is 1. The lowest BCUT2D eigenvalue weighted by Crippen LogP contribution is -2.38. The minimum atomic E-state index is 0.286. The molecule has 2 aromatic rings. The molecule has 0 aliphatic carbocycles. The summed E-state index contributed by atoms with van der Waals surface area (Å²) in [6.07, 6.45) is 0. The van der Waals surface area contributed by atoms with Crippen LogP contribution in [0.4, 0.5) is 0 Å². The van der Waals surface area contributed by atoms with Crippen LogP contribution in [0.3, 0.4) is 0 Å². The molecule has 1 aromatic carbocycles. The molecule has 1 heterocycles. The normalized spacial score (nSPS) is 14.1. The van der Waals surface area contributed by atoms with Crippen LogP contribution in [0.5, 0.6) is 0 Å². The van der Waals surface area contributed by atoms with Gasteiger partial charge < -0.3 is 10.2 Å². The zero-order valence-electron chi connectivity index (χ0n) is 13.2. The van der Waals surface area contributed by atoms with Gasteiger partial charge in [-0.25, -0.2) is 0 Å². The van der Waals surface area contributed by atoms with E-state index in [0.717, 1.165) is 13.1 Å². The van der Waals surface area contributed by atoms with Crippen LogP contribution < -0.4 is 5.32 Å². The smallest absolute Gasteiger partial charge is 0.0386 e. The number of hydrogen-bond acceptors (Lipinski definition) is 3. The van der Waals surface area contributed by atoms with Crippen LogP contribution in [-0.2, 0) is 0 Å². The predicted octanol–water partition coefficient (Wildman–Crippen LogP) is 4.14. The van der Waals surface area contributed by atoms with Crippen molar-refractivity contribution in [3.05, 3.63) is 35.2 Å². The average Bonchev–Trinajstić information content (AvgIpc) is 2.78. The Morgan fingerprint density at radius 2 is 1.95 bits per heavy atom. The quantitative estimate of drug-likeness (QED) is 0.860. The molecule has 110 valence electrons. The minimum absolute atomic E-state index is 0.286. The predicted molar refractivity (Wildman–Crippen MR) is 90.6 cm³/mol. The van der Waals surface area contributed by atoms with Crippen LogP contribution in [0.15, 0.2) is 30.3 Å². The summed E-state index contributed by atoms with van der Waals surface area (Å²) in [4.78, 5) is 3.68. The number of rotatable bonds is 6. The summed E-state index contributed by atoms with van der Waals surface area (Å²) in [5, 5.41) is 5.04. The second-order valence-corrected chi connectivity index (χ2v) is 7.81. The van der Waals surface area contributed by atoms with Gasteiger partial charge in [0, 0.05) is 28.7 Å². The molecule has 0 saturated carbocycles. The third-order valence-electron chi connectivity index (χ3n) is 3.50. The van der Waals surface area contributed by atoms with Crippen molar-refractivity contribution >= 4 is 21.4 Å². The highest BCUT2D eigenvalue weighted by atomic mass is 32.1. The molecule has 1 N–H and O–H groups in total. The van der Waals surface area contributed by atoms with Gasteiger partial charge in [0.2, 0.25) is 0 Å². The zero-order chi connectivity index (χ0) is 14.8. The van der Waals surface area contributed by atoms with E-state index in [2.05, 4.69) is 75.4 Å². The van der Waals surface area contributed by atoms with E-state index in [-0.39, 0.29) is 5.41 Å². The van der Waals surface area contributed by atoms with Gasteiger partial charge >= 0.3 is 0 Å². The molecule has 0 aliphatic heterocycles. The Hall–Kier alpha value is -0.900. The van der Waals surface area contributed by atoms with Gasteiger partial charge in [-0.15, -0.1) is 11.3 Å². The van der Waals surface area contributed by atoms with Gasteiger partial charge in [-0.05, 0) is 44.0 Å². The maximum atomic E-state index is 3.69. The van der Waals surface area contributed by atoms with Crippen LogP contribution in [0.25, 0.3) is 10.1 Å². The molecule has 0 saturated heterocycles. The maximum absolute atomic E-state index is 3.69. The molecule has 2 nitrogen and oxygen atoms in total. The van der Waals surface area contributed by atoms with Gasteiger partial charge in [0.15, 0.2) is 0 Å². The van der Waals surface area contributed by atoms with Gasteiger partial charge in [-0.2, -0.15) is 0 Å². The third kappa shape index (κ3) is 4.05. The van der Waals surface area contributed by atoms with Crippen molar-refractivity contribution in [1.82, 2.24) is 10.2 Å². The lowest BCUT2D eigenvalue weighted by atomic mass is 9.92. The van der Waals surface area contributed by atoms with Crippen molar-refractivity contribution in [2.75, 3.05) is 27.2 Å². The van der Waals surface area contributed by atoms with Crippen molar-refractivity contribution in [2.24, 2.45) is 5.41 Å². The molecule has 3 heteroatoms. The molecule has 2 rings (SSSR count). The number of nitrogens with one attached hydrogen (secondary N) is 1. The molecule has 0 bridgehead atoms. The summed E-state index contributed by atoms with van der Waals surface area (Å²) in [7, 11) is 4.27.